The van der Waals surface area contributed by atoms with E-state index in [0.717, 1.165) is 5.56 Å². The molecule has 48 heavy (non-hydrogen) atoms. The van der Waals surface area contributed by atoms with Crippen LogP contribution in [0.2, 0.25) is 0 Å². The number of amides is 3. The fourth-order valence-corrected chi connectivity index (χ4v) is 7.64. The monoisotopic (exact) mass is 657 g/mol. The van der Waals surface area contributed by atoms with E-state index >= 15 is 0 Å². The minimum absolute atomic E-state index is 0.0392. The van der Waals surface area contributed by atoms with Gasteiger partial charge in [0.1, 0.15) is 17.7 Å². The van der Waals surface area contributed by atoms with Gasteiger partial charge in [-0.2, -0.15) is 0 Å². The van der Waals surface area contributed by atoms with Crippen LogP contribution >= 0.6 is 0 Å². The summed E-state index contributed by atoms with van der Waals surface area (Å²) in [5, 5.41) is 12.4. The maximum atomic E-state index is 14.6. The first-order valence-corrected chi connectivity index (χ1v) is 16.9. The molecule has 0 saturated carbocycles. The van der Waals surface area contributed by atoms with Crippen LogP contribution in [0.25, 0.3) is 0 Å². The Morgan fingerprint density at radius 1 is 1.10 bits per heavy atom. The normalized spacial score (nSPS) is 25.2. The van der Waals surface area contributed by atoms with Crippen LogP contribution in [-0.4, -0.2) is 82.1 Å². The van der Waals surface area contributed by atoms with Crippen LogP contribution in [0.15, 0.2) is 86.0 Å². The van der Waals surface area contributed by atoms with Gasteiger partial charge in [-0.05, 0) is 50.2 Å². The predicted octanol–water partition coefficient (Wildman–Crippen LogP) is 4.10. The number of nitrogens with zero attached hydrogens (tertiary/aromatic N) is 2. The number of likely N-dealkylation sites (tertiary alicyclic amines) is 1. The summed E-state index contributed by atoms with van der Waals surface area (Å²) in [5.74, 6) is -3.16. The molecule has 3 aliphatic heterocycles. The van der Waals surface area contributed by atoms with Gasteiger partial charge in [0, 0.05) is 32.7 Å². The first-order chi connectivity index (χ1) is 23.2. The molecule has 2 aromatic rings. The summed E-state index contributed by atoms with van der Waals surface area (Å²) in [6.45, 7) is 10.1. The highest BCUT2D eigenvalue weighted by Gasteiger charge is 2.75. The molecule has 0 unspecified atom stereocenters. The third kappa shape index (κ3) is 7.10. The lowest BCUT2D eigenvalue weighted by Gasteiger charge is -2.37. The number of hydrogen-bond donors (Lipinski definition) is 2. The van der Waals surface area contributed by atoms with Crippen LogP contribution in [0, 0.1) is 11.8 Å². The summed E-state index contributed by atoms with van der Waals surface area (Å²) in [5.41, 5.74) is 0.456. The van der Waals surface area contributed by atoms with Crippen molar-refractivity contribution in [3.8, 4) is 0 Å². The summed E-state index contributed by atoms with van der Waals surface area (Å²) in [6, 6.07) is 17.3. The summed E-state index contributed by atoms with van der Waals surface area (Å²) in [6.07, 6.45) is 4.63. The average Bonchev–Trinajstić information content (AvgIpc) is 3.74. The number of ether oxygens (including phenoxy) is 2. The van der Waals surface area contributed by atoms with Crippen LogP contribution in [0.1, 0.15) is 62.7 Å². The number of hydrogen-bond acceptors (Lipinski definition) is 7. The topological polar surface area (TPSA) is 125 Å². The van der Waals surface area contributed by atoms with Crippen molar-refractivity contribution < 1.29 is 33.8 Å². The van der Waals surface area contributed by atoms with E-state index in [-0.39, 0.29) is 43.8 Å². The van der Waals surface area contributed by atoms with Gasteiger partial charge in [-0.15, -0.1) is 13.2 Å². The van der Waals surface area contributed by atoms with Crippen molar-refractivity contribution in [1.29, 1.82) is 0 Å². The molecule has 256 valence electrons. The fourth-order valence-electron chi connectivity index (χ4n) is 7.64. The van der Waals surface area contributed by atoms with E-state index in [1.807, 2.05) is 60.7 Å². The Labute approximate surface area is 282 Å². The zero-order valence-corrected chi connectivity index (χ0v) is 27.7. The highest BCUT2D eigenvalue weighted by molar-refractivity contribution is 5.98. The van der Waals surface area contributed by atoms with E-state index in [9.17, 15) is 24.3 Å². The van der Waals surface area contributed by atoms with E-state index in [1.165, 1.54) is 0 Å². The highest BCUT2D eigenvalue weighted by Crippen LogP contribution is 2.59. The lowest BCUT2D eigenvalue weighted by atomic mass is 9.70. The number of benzene rings is 2. The quantitative estimate of drug-likeness (QED) is 0.149. The SMILES string of the molecule is C=CCCC(=O)N[C@@H](C)[C@H](OC(=O)[C@@H]1[C@H]2C(=O)N(CCCCO)[C@H](C(=O)N(CC=C)Cc3ccccc3)[C@]23CC[C@H]1O3)c1ccccc1. The molecule has 3 heterocycles. The maximum Gasteiger partial charge on any atom is 0.313 e. The van der Waals surface area contributed by atoms with Gasteiger partial charge in [0.2, 0.25) is 17.7 Å². The van der Waals surface area contributed by atoms with Gasteiger partial charge in [-0.25, -0.2) is 0 Å². The van der Waals surface area contributed by atoms with Gasteiger partial charge in [-0.1, -0.05) is 72.8 Å². The zero-order valence-electron chi connectivity index (χ0n) is 27.7. The third-order valence-electron chi connectivity index (χ3n) is 9.78. The molecule has 3 aliphatic rings. The highest BCUT2D eigenvalue weighted by atomic mass is 16.6. The van der Waals surface area contributed by atoms with Gasteiger partial charge < -0.3 is 29.7 Å². The van der Waals surface area contributed by atoms with Crippen molar-refractivity contribution in [2.24, 2.45) is 11.8 Å². The first kappa shape index (κ1) is 35.0. The van der Waals surface area contributed by atoms with Gasteiger partial charge >= 0.3 is 5.97 Å². The molecule has 2 N–H and O–H groups in total. The molecule has 10 nitrogen and oxygen atoms in total. The first-order valence-electron chi connectivity index (χ1n) is 16.9. The van der Waals surface area contributed by atoms with Crippen molar-refractivity contribution in [3.05, 3.63) is 97.1 Å². The van der Waals surface area contributed by atoms with Gasteiger partial charge in [0.15, 0.2) is 0 Å². The standard InChI is InChI=1S/C38H47N3O7/c1-4-6-19-30(43)39-26(3)33(28-17-11-8-12-18-28)47-37(46)31-29-20-21-38(48-29)32(31)35(44)41(23-13-14-24-42)34(38)36(45)40(22-5-2)25-27-15-9-7-10-16-27/h4-5,7-12,15-18,26,29,31-34,42H,1-2,6,13-14,19-25H2,3H3,(H,39,43)/t26-,29+,31-,32-,33-,34+,38-/m0/s1. The van der Waals surface area contributed by atoms with Crippen molar-refractivity contribution in [2.45, 2.75) is 81.9 Å². The summed E-state index contributed by atoms with van der Waals surface area (Å²) in [7, 11) is 0. The Bertz CT molecular complexity index is 1470. The molecule has 0 radical (unpaired) electrons. The molecule has 7 atom stereocenters. The number of unbranched alkanes of at least 4 members (excludes halogenated alkanes) is 1. The minimum Gasteiger partial charge on any atom is -0.455 e. The molecule has 3 amide bonds. The van der Waals surface area contributed by atoms with Crippen molar-refractivity contribution in [1.82, 2.24) is 15.1 Å². The van der Waals surface area contributed by atoms with Crippen molar-refractivity contribution in [2.75, 3.05) is 19.7 Å². The molecule has 0 aromatic heterocycles. The molecule has 2 aromatic carbocycles. The third-order valence-corrected chi connectivity index (χ3v) is 9.78. The molecular formula is C38H47N3O7. The second kappa shape index (κ2) is 15.7. The molecule has 2 bridgehead atoms. The Hall–Kier alpha value is -4.28. The number of fused-ring (bicyclic) bond motifs is 1. The number of esters is 1. The van der Waals surface area contributed by atoms with E-state index in [2.05, 4.69) is 18.5 Å². The predicted molar refractivity (Wildman–Crippen MR) is 180 cm³/mol. The molecule has 3 saturated heterocycles. The number of aliphatic hydroxyl groups excluding tert-OH is 1. The summed E-state index contributed by atoms with van der Waals surface area (Å²) in [4.78, 5) is 59.1. The summed E-state index contributed by atoms with van der Waals surface area (Å²) >= 11 is 0. The van der Waals surface area contributed by atoms with E-state index in [1.54, 1.807) is 28.9 Å². The van der Waals surface area contributed by atoms with E-state index < -0.39 is 47.7 Å². The second-order valence-electron chi connectivity index (χ2n) is 13.0. The number of rotatable bonds is 17. The van der Waals surface area contributed by atoms with Gasteiger partial charge in [-0.3, -0.25) is 19.2 Å². The van der Waals surface area contributed by atoms with Gasteiger partial charge in [0.05, 0.1) is 24.0 Å². The molecule has 5 rings (SSSR count). The Morgan fingerprint density at radius 3 is 2.48 bits per heavy atom. The minimum atomic E-state index is -1.19. The smallest absolute Gasteiger partial charge is 0.313 e. The van der Waals surface area contributed by atoms with Crippen LogP contribution in [-0.2, 0) is 35.2 Å². The average molecular weight is 658 g/mol. The number of carbonyl (C=O) groups excluding carboxylic acids is 4. The Morgan fingerprint density at radius 2 is 1.81 bits per heavy atom. The molecule has 1 spiro atoms. The number of allylic oxidation sites excluding steroid dienone is 1. The molecule has 3 fully saturated rings. The fraction of sp³-hybridized carbons (Fsp3) is 0.474. The van der Waals surface area contributed by atoms with Crippen LogP contribution < -0.4 is 5.32 Å². The molecular weight excluding hydrogens is 610 g/mol. The van der Waals surface area contributed by atoms with Crippen LogP contribution in [0.5, 0.6) is 0 Å². The molecule has 10 heteroatoms. The Balaban J connectivity index is 1.44. The van der Waals surface area contributed by atoms with Crippen LogP contribution in [0.4, 0.5) is 0 Å². The molecule has 0 aliphatic carbocycles. The lowest BCUT2D eigenvalue weighted by Crippen LogP contribution is -2.56. The second-order valence-corrected chi connectivity index (χ2v) is 13.0. The van der Waals surface area contributed by atoms with Crippen LogP contribution in [0.3, 0.4) is 0 Å². The lowest BCUT2D eigenvalue weighted by molar-refractivity contribution is -0.162. The van der Waals surface area contributed by atoms with Crippen molar-refractivity contribution >= 4 is 23.7 Å². The zero-order chi connectivity index (χ0) is 34.3. The largest absolute Gasteiger partial charge is 0.455 e. The van der Waals surface area contributed by atoms with E-state index in [4.69, 9.17) is 9.47 Å². The Kier molecular flexibility index (Phi) is 11.5. The number of aliphatic hydroxyl groups is 1. The van der Waals surface area contributed by atoms with Gasteiger partial charge in [0.25, 0.3) is 0 Å². The van der Waals surface area contributed by atoms with E-state index in [0.29, 0.717) is 44.2 Å². The van der Waals surface area contributed by atoms with Crippen molar-refractivity contribution in [3.63, 3.8) is 0 Å². The number of nitrogens with one attached hydrogen (secondary N) is 1. The summed E-state index contributed by atoms with van der Waals surface area (Å²) < 4.78 is 12.9. The maximum absolute atomic E-state index is 14.6. The number of carbonyl (C=O) groups is 4.